The third-order valence-corrected chi connectivity index (χ3v) is 10.2. The summed E-state index contributed by atoms with van der Waals surface area (Å²) in [6.07, 6.45) is 0.548. The van der Waals surface area contributed by atoms with E-state index in [2.05, 4.69) is 10.6 Å². The number of benzene rings is 4. The summed E-state index contributed by atoms with van der Waals surface area (Å²) in [7, 11) is 0. The van der Waals surface area contributed by atoms with E-state index >= 15 is 0 Å². The Hall–Kier alpha value is -5.47. The van der Waals surface area contributed by atoms with Crippen LogP contribution in [0.15, 0.2) is 72.8 Å². The third-order valence-electron chi connectivity index (χ3n) is 9.41. The maximum atomic E-state index is 12.8. The number of amides is 3. The molecule has 3 amide bonds. The summed E-state index contributed by atoms with van der Waals surface area (Å²) in [4.78, 5) is 62.2. The lowest BCUT2D eigenvalue weighted by atomic mass is 9.95. The number of nitrogens with two attached hydrogens (primary N) is 1. The number of carbonyl (C=O) groups excluding carboxylic acids is 4. The minimum absolute atomic E-state index is 0.113. The highest BCUT2D eigenvalue weighted by atomic mass is 35.5. The predicted molar refractivity (Wildman–Crippen MR) is 210 cm³/mol. The zero-order valence-electron chi connectivity index (χ0n) is 29.8. The predicted octanol–water partition coefficient (Wildman–Crippen LogP) is 4.93. The van der Waals surface area contributed by atoms with Crippen LogP contribution in [0.1, 0.15) is 19.8 Å². The van der Waals surface area contributed by atoms with E-state index in [1.807, 2.05) is 67.6 Å². The van der Waals surface area contributed by atoms with Crippen LogP contribution in [0.3, 0.4) is 0 Å². The van der Waals surface area contributed by atoms with Crippen LogP contribution in [0.25, 0.3) is 33.4 Å². The number of carboxylic acid groups (broad SMARTS) is 1. The summed E-state index contributed by atoms with van der Waals surface area (Å²) < 4.78 is 11.6. The number of aliphatic carboxylic acids is 1. The first-order chi connectivity index (χ1) is 26.5. The van der Waals surface area contributed by atoms with E-state index in [0.29, 0.717) is 69.0 Å². The molecule has 0 saturated heterocycles. The molecule has 2 heterocycles. The lowest BCUT2D eigenvalue weighted by molar-refractivity contribution is -0.140. The van der Waals surface area contributed by atoms with E-state index in [4.69, 9.17) is 38.4 Å². The van der Waals surface area contributed by atoms with Gasteiger partial charge in [-0.25, -0.2) is 0 Å². The highest BCUT2D eigenvalue weighted by Gasteiger charge is 2.28. The van der Waals surface area contributed by atoms with Crippen molar-refractivity contribution in [1.29, 1.82) is 0 Å². The zero-order chi connectivity index (χ0) is 39.2. The number of carbonyl (C=O) groups is 5. The number of primary amides is 1. The second-order valence-corrected chi connectivity index (χ2v) is 13.9. The molecule has 6 rings (SSSR count). The molecular formula is C40H39Cl2N5O8. The van der Waals surface area contributed by atoms with Gasteiger partial charge in [-0.3, -0.25) is 19.2 Å². The number of anilines is 2. The molecule has 15 heteroatoms. The van der Waals surface area contributed by atoms with E-state index < -0.39 is 17.9 Å². The first kappa shape index (κ1) is 39.2. The zero-order valence-corrected chi connectivity index (χ0v) is 31.4. The van der Waals surface area contributed by atoms with Crippen LogP contribution in [0, 0.1) is 0 Å². The van der Waals surface area contributed by atoms with Gasteiger partial charge in [0.15, 0.2) is 13.2 Å². The minimum atomic E-state index is -1.15. The van der Waals surface area contributed by atoms with Crippen molar-refractivity contribution in [2.75, 3.05) is 49.2 Å². The fourth-order valence-electron chi connectivity index (χ4n) is 6.68. The molecular weight excluding hydrogens is 749 g/mol. The molecule has 0 radical (unpaired) electrons. The first-order valence-corrected chi connectivity index (χ1v) is 18.4. The van der Waals surface area contributed by atoms with Crippen LogP contribution < -0.4 is 35.6 Å². The molecule has 2 unspecified atom stereocenters. The van der Waals surface area contributed by atoms with Gasteiger partial charge in [0.05, 0.1) is 21.4 Å². The van der Waals surface area contributed by atoms with Gasteiger partial charge < -0.3 is 45.5 Å². The van der Waals surface area contributed by atoms with Crippen molar-refractivity contribution in [3.63, 3.8) is 0 Å². The molecule has 0 fully saturated rings. The molecule has 4 aromatic carbocycles. The van der Waals surface area contributed by atoms with E-state index in [-0.39, 0.29) is 57.0 Å². The van der Waals surface area contributed by atoms with Crippen LogP contribution in [0.2, 0.25) is 10.0 Å². The summed E-state index contributed by atoms with van der Waals surface area (Å²) in [5.41, 5.74) is 10.8. The maximum Gasteiger partial charge on any atom is 0.321 e. The number of nitrogens with zero attached hydrogens (tertiary/aromatic N) is 2. The van der Waals surface area contributed by atoms with Crippen LogP contribution >= 0.6 is 23.2 Å². The minimum Gasteiger partial charge on any atom is -0.482 e. The highest BCUT2D eigenvalue weighted by molar-refractivity contribution is 6.39. The summed E-state index contributed by atoms with van der Waals surface area (Å²) in [5.74, 6) is -0.998. The topological polar surface area (TPSA) is 181 Å². The monoisotopic (exact) mass is 787 g/mol. The molecule has 0 saturated carbocycles. The van der Waals surface area contributed by atoms with Crippen molar-refractivity contribution in [3.8, 4) is 44.9 Å². The van der Waals surface area contributed by atoms with Crippen LogP contribution in [-0.4, -0.2) is 86.6 Å². The smallest absolute Gasteiger partial charge is 0.321 e. The van der Waals surface area contributed by atoms with Gasteiger partial charge in [-0.1, -0.05) is 71.7 Å². The number of nitrogens with one attached hydrogen (secondary N) is 2. The second kappa shape index (κ2) is 17.3. The molecule has 0 spiro atoms. The largest absolute Gasteiger partial charge is 0.482 e. The molecule has 0 bridgehead atoms. The number of hydrogen-bond acceptors (Lipinski definition) is 9. The summed E-state index contributed by atoms with van der Waals surface area (Å²) in [5, 5.41) is 16.3. The molecule has 5 N–H and O–H groups in total. The van der Waals surface area contributed by atoms with Crippen LogP contribution in [0.5, 0.6) is 11.5 Å². The normalized spacial score (nSPS) is 14.7. The molecule has 2 aliphatic heterocycles. The van der Waals surface area contributed by atoms with E-state index in [1.54, 1.807) is 17.0 Å². The van der Waals surface area contributed by atoms with Gasteiger partial charge in [-0.15, -0.1) is 0 Å². The molecule has 0 aromatic heterocycles. The van der Waals surface area contributed by atoms with Gasteiger partial charge in [0.2, 0.25) is 5.91 Å². The van der Waals surface area contributed by atoms with Gasteiger partial charge in [-0.2, -0.15) is 0 Å². The Bertz CT molecular complexity index is 2150. The van der Waals surface area contributed by atoms with Gasteiger partial charge in [0.1, 0.15) is 23.8 Å². The highest BCUT2D eigenvalue weighted by Crippen LogP contribution is 2.45. The number of fused-ring (bicyclic) bond motifs is 2. The number of rotatable bonds is 16. The maximum absolute atomic E-state index is 12.8. The average Bonchev–Trinajstić information content (AvgIpc) is 3.16. The SMILES string of the molecule is CC(CC(N)=O)NCCN1C(=O)COc2cc(-c3cccc(-c4cccc(-c5ccc6c(c5)OCC(=O)N6CCNC(CC=O)C(=O)O)c4Cl)c3Cl)ccc21. The Kier molecular flexibility index (Phi) is 12.4. The van der Waals surface area contributed by atoms with Crippen molar-refractivity contribution in [1.82, 2.24) is 10.6 Å². The first-order valence-electron chi connectivity index (χ1n) is 17.6. The molecule has 0 aliphatic carbocycles. The molecule has 2 atom stereocenters. The standard InChI is InChI=1S/C40H39Cl2N5O8/c1-23(18-35(43)49)44-13-15-46-31-10-8-24(19-33(31)54-21-36(46)50)26-4-2-6-28(38(26)41)29-7-3-5-27(39(29)42)25-9-11-32-34(20-25)55-22-37(51)47(32)16-14-45-30(12-17-48)40(52)53/h2-11,17,19-20,23,30,44-45H,12-16,18,21-22H2,1H3,(H2,43,49)(H,52,53). The van der Waals surface area contributed by atoms with Gasteiger partial charge in [0.25, 0.3) is 11.8 Å². The van der Waals surface area contributed by atoms with E-state index in [9.17, 15) is 29.1 Å². The van der Waals surface area contributed by atoms with Crippen molar-refractivity contribution < 1.29 is 38.6 Å². The number of aldehydes is 1. The summed E-state index contributed by atoms with van der Waals surface area (Å²) in [6, 6.07) is 21.1. The summed E-state index contributed by atoms with van der Waals surface area (Å²) >= 11 is 14.2. The third kappa shape index (κ3) is 8.76. The number of hydrogen-bond donors (Lipinski definition) is 4. The Balaban J connectivity index is 1.22. The molecule has 286 valence electrons. The molecule has 4 aromatic rings. The quantitative estimate of drug-likeness (QED) is 0.114. The van der Waals surface area contributed by atoms with Crippen molar-refractivity contribution in [2.45, 2.75) is 31.8 Å². The Morgan fingerprint density at radius 3 is 1.73 bits per heavy atom. The van der Waals surface area contributed by atoms with Crippen LogP contribution in [0.4, 0.5) is 11.4 Å². The lowest BCUT2D eigenvalue weighted by Crippen LogP contribution is -2.45. The number of halogens is 2. The fourth-order valence-corrected chi connectivity index (χ4v) is 7.35. The fraction of sp³-hybridized carbons (Fsp3) is 0.275. The molecule has 2 aliphatic rings. The Morgan fingerprint density at radius 1 is 0.800 bits per heavy atom. The second-order valence-electron chi connectivity index (χ2n) is 13.1. The van der Waals surface area contributed by atoms with Crippen molar-refractivity contribution in [2.24, 2.45) is 5.73 Å². The molecule has 55 heavy (non-hydrogen) atoms. The van der Waals surface area contributed by atoms with Crippen molar-refractivity contribution in [3.05, 3.63) is 82.8 Å². The lowest BCUT2D eigenvalue weighted by Gasteiger charge is -2.30. The average molecular weight is 789 g/mol. The van der Waals surface area contributed by atoms with Gasteiger partial charge >= 0.3 is 5.97 Å². The van der Waals surface area contributed by atoms with E-state index in [0.717, 1.165) is 16.7 Å². The van der Waals surface area contributed by atoms with Gasteiger partial charge in [0, 0.05) is 67.3 Å². The van der Waals surface area contributed by atoms with E-state index in [1.165, 1.54) is 4.90 Å². The Morgan fingerprint density at radius 2 is 1.27 bits per heavy atom. The number of ether oxygens (including phenoxy) is 2. The Labute approximate surface area is 327 Å². The van der Waals surface area contributed by atoms with Crippen LogP contribution in [-0.2, 0) is 24.0 Å². The number of carboxylic acids is 1. The molecule has 13 nitrogen and oxygen atoms in total. The van der Waals surface area contributed by atoms with Gasteiger partial charge in [-0.05, 0) is 42.3 Å². The summed E-state index contributed by atoms with van der Waals surface area (Å²) in [6.45, 7) is 2.72. The van der Waals surface area contributed by atoms with Crippen molar-refractivity contribution >= 4 is 64.6 Å².